The second-order valence-electron chi connectivity index (χ2n) is 7.79. The van der Waals surface area contributed by atoms with Crippen molar-refractivity contribution in [1.82, 2.24) is 20.9 Å². The van der Waals surface area contributed by atoms with E-state index < -0.39 is 11.7 Å². The number of amides is 2. The van der Waals surface area contributed by atoms with E-state index in [2.05, 4.69) is 20.9 Å². The largest absolute Gasteiger partial charge is 0.444 e. The Morgan fingerprint density at radius 3 is 2.27 bits per heavy atom. The van der Waals surface area contributed by atoms with Crippen LogP contribution in [0.3, 0.4) is 0 Å². The highest BCUT2D eigenvalue weighted by atomic mass is 16.6. The molecule has 0 atom stereocenters. The molecule has 1 aliphatic rings. The summed E-state index contributed by atoms with van der Waals surface area (Å²) >= 11 is 0. The van der Waals surface area contributed by atoms with Gasteiger partial charge in [-0.15, -0.1) is 0 Å². The molecule has 0 aliphatic heterocycles. The van der Waals surface area contributed by atoms with Crippen molar-refractivity contribution in [2.24, 2.45) is 4.99 Å². The average Bonchev–Trinajstić information content (AvgIpc) is 2.55. The first kappa shape index (κ1) is 22.1. The number of aliphatic imine (C=N–C) groups is 1. The Morgan fingerprint density at radius 2 is 1.69 bits per heavy atom. The lowest BCUT2D eigenvalue weighted by atomic mass is 9.96. The third kappa shape index (κ3) is 10.1. The van der Waals surface area contributed by atoms with E-state index in [1.807, 2.05) is 20.8 Å². The number of hydrogen-bond acceptors (Lipinski definition) is 4. The minimum absolute atomic E-state index is 0.0541. The molecule has 1 rings (SSSR count). The molecule has 8 heteroatoms. The van der Waals surface area contributed by atoms with Gasteiger partial charge in [0.15, 0.2) is 5.96 Å². The van der Waals surface area contributed by atoms with Crippen molar-refractivity contribution >= 4 is 18.0 Å². The molecule has 0 aromatic carbocycles. The Balaban J connectivity index is 2.46. The Kier molecular flexibility index (Phi) is 9.23. The van der Waals surface area contributed by atoms with E-state index in [4.69, 9.17) is 4.74 Å². The molecule has 150 valence electrons. The topological polar surface area (TPSA) is 95.1 Å². The number of carbonyl (C=O) groups excluding carboxylic acids is 2. The fourth-order valence-corrected chi connectivity index (χ4v) is 2.54. The molecule has 0 heterocycles. The second kappa shape index (κ2) is 10.9. The van der Waals surface area contributed by atoms with Gasteiger partial charge in [-0.1, -0.05) is 19.3 Å². The molecule has 1 fully saturated rings. The van der Waals surface area contributed by atoms with Crippen LogP contribution in [0.2, 0.25) is 0 Å². The van der Waals surface area contributed by atoms with E-state index in [0.29, 0.717) is 25.1 Å². The molecule has 0 saturated heterocycles. The molecule has 0 aromatic rings. The van der Waals surface area contributed by atoms with Crippen molar-refractivity contribution in [3.63, 3.8) is 0 Å². The molecule has 0 aromatic heterocycles. The predicted octanol–water partition coefficient (Wildman–Crippen LogP) is 1.47. The number of hydrogen-bond donors (Lipinski definition) is 3. The van der Waals surface area contributed by atoms with E-state index in [9.17, 15) is 9.59 Å². The normalized spacial score (nSPS) is 16.0. The Morgan fingerprint density at radius 1 is 1.08 bits per heavy atom. The van der Waals surface area contributed by atoms with Crippen molar-refractivity contribution < 1.29 is 14.3 Å². The molecule has 0 spiro atoms. The number of rotatable bonds is 6. The van der Waals surface area contributed by atoms with Crippen LogP contribution in [0.15, 0.2) is 4.99 Å². The highest BCUT2D eigenvalue weighted by Crippen LogP contribution is 2.17. The van der Waals surface area contributed by atoms with Gasteiger partial charge >= 0.3 is 6.09 Å². The molecule has 0 bridgehead atoms. The quantitative estimate of drug-likeness (QED) is 0.374. The molecule has 0 unspecified atom stereocenters. The average molecular weight is 370 g/mol. The number of carbonyl (C=O) groups is 2. The maximum absolute atomic E-state index is 11.8. The number of nitrogens with zero attached hydrogens (tertiary/aromatic N) is 2. The number of guanidine groups is 1. The number of nitrogens with one attached hydrogen (secondary N) is 3. The number of likely N-dealkylation sites (N-methyl/N-ethyl adjacent to an activating group) is 1. The minimum Gasteiger partial charge on any atom is -0.444 e. The summed E-state index contributed by atoms with van der Waals surface area (Å²) in [5, 5.41) is 9.28. The Hall–Kier alpha value is -1.99. The summed E-state index contributed by atoms with van der Waals surface area (Å²) in [5.74, 6) is 0.555. The molecular formula is C18H35N5O3. The van der Waals surface area contributed by atoms with E-state index in [-0.39, 0.29) is 12.5 Å². The van der Waals surface area contributed by atoms with Crippen molar-refractivity contribution in [2.75, 3.05) is 33.7 Å². The van der Waals surface area contributed by atoms with Crippen LogP contribution in [0.25, 0.3) is 0 Å². The number of alkyl carbamates (subject to hydrolysis) is 1. The van der Waals surface area contributed by atoms with Gasteiger partial charge in [-0.05, 0) is 33.6 Å². The van der Waals surface area contributed by atoms with Crippen LogP contribution < -0.4 is 16.0 Å². The lowest BCUT2D eigenvalue weighted by Crippen LogP contribution is -2.47. The molecule has 0 radical (unpaired) electrons. The second-order valence-corrected chi connectivity index (χ2v) is 7.79. The van der Waals surface area contributed by atoms with Crippen molar-refractivity contribution in [2.45, 2.75) is 64.5 Å². The zero-order valence-corrected chi connectivity index (χ0v) is 16.9. The summed E-state index contributed by atoms with van der Waals surface area (Å²) in [6, 6.07) is 0.378. The highest BCUT2D eigenvalue weighted by molar-refractivity contribution is 5.85. The molecule has 1 aliphatic carbocycles. The summed E-state index contributed by atoms with van der Waals surface area (Å²) in [6.45, 7) is 6.47. The van der Waals surface area contributed by atoms with Crippen LogP contribution in [0.5, 0.6) is 0 Å². The van der Waals surface area contributed by atoms with Gasteiger partial charge in [0.25, 0.3) is 0 Å². The van der Waals surface area contributed by atoms with Gasteiger partial charge in [-0.2, -0.15) is 0 Å². The smallest absolute Gasteiger partial charge is 0.407 e. The fourth-order valence-electron chi connectivity index (χ4n) is 2.54. The van der Waals surface area contributed by atoms with E-state index in [1.165, 1.54) is 24.2 Å². The summed E-state index contributed by atoms with van der Waals surface area (Å²) in [6.07, 6.45) is 5.47. The van der Waals surface area contributed by atoms with E-state index in [1.54, 1.807) is 14.1 Å². The Bertz CT molecular complexity index is 480. The lowest BCUT2D eigenvalue weighted by Gasteiger charge is -2.25. The first-order chi connectivity index (χ1) is 12.2. The van der Waals surface area contributed by atoms with Crippen LogP contribution in [0, 0.1) is 0 Å². The van der Waals surface area contributed by atoms with Crippen molar-refractivity contribution in [3.8, 4) is 0 Å². The molecule has 26 heavy (non-hydrogen) atoms. The summed E-state index contributed by atoms with van der Waals surface area (Å²) in [5.41, 5.74) is -0.515. The lowest BCUT2D eigenvalue weighted by molar-refractivity contribution is -0.127. The van der Waals surface area contributed by atoms with Crippen LogP contribution in [-0.2, 0) is 9.53 Å². The standard InChI is InChI=1S/C18H35N5O3/c1-18(2,3)26-17(25)20-12-11-19-16(21-13-15(24)23(4)5)22-14-9-7-6-8-10-14/h14H,6-13H2,1-5H3,(H,20,25)(H2,19,21,22). The third-order valence-electron chi connectivity index (χ3n) is 3.90. The van der Waals surface area contributed by atoms with Crippen LogP contribution in [0.1, 0.15) is 52.9 Å². The maximum atomic E-state index is 11.8. The molecule has 2 amide bonds. The Labute approximate surface area is 157 Å². The van der Waals surface area contributed by atoms with Gasteiger partial charge in [-0.25, -0.2) is 9.79 Å². The first-order valence-electron chi connectivity index (χ1n) is 9.39. The zero-order chi connectivity index (χ0) is 19.6. The summed E-state index contributed by atoms with van der Waals surface area (Å²) in [7, 11) is 3.43. The third-order valence-corrected chi connectivity index (χ3v) is 3.90. The predicted molar refractivity (Wildman–Crippen MR) is 103 cm³/mol. The van der Waals surface area contributed by atoms with E-state index in [0.717, 1.165) is 12.8 Å². The molecular weight excluding hydrogens is 334 g/mol. The SMILES string of the molecule is CN(C)C(=O)CN=C(NCCNC(=O)OC(C)(C)C)NC1CCCCC1. The van der Waals surface area contributed by atoms with Crippen molar-refractivity contribution in [3.05, 3.63) is 0 Å². The van der Waals surface area contributed by atoms with Gasteiger partial charge < -0.3 is 25.6 Å². The number of ether oxygens (including phenoxy) is 1. The van der Waals surface area contributed by atoms with Gasteiger partial charge in [0, 0.05) is 33.2 Å². The van der Waals surface area contributed by atoms with Gasteiger partial charge in [0.1, 0.15) is 12.1 Å². The molecule has 8 nitrogen and oxygen atoms in total. The van der Waals surface area contributed by atoms with Crippen LogP contribution in [-0.4, -0.2) is 68.2 Å². The first-order valence-corrected chi connectivity index (χ1v) is 9.39. The summed E-state index contributed by atoms with van der Waals surface area (Å²) < 4.78 is 5.20. The van der Waals surface area contributed by atoms with E-state index >= 15 is 0 Å². The minimum atomic E-state index is -0.515. The van der Waals surface area contributed by atoms with Gasteiger partial charge in [0.2, 0.25) is 5.91 Å². The molecule has 1 saturated carbocycles. The summed E-state index contributed by atoms with van der Waals surface area (Å²) in [4.78, 5) is 29.3. The van der Waals surface area contributed by atoms with Gasteiger partial charge in [0.05, 0.1) is 0 Å². The fraction of sp³-hybridized carbons (Fsp3) is 0.833. The monoisotopic (exact) mass is 369 g/mol. The maximum Gasteiger partial charge on any atom is 0.407 e. The molecule has 3 N–H and O–H groups in total. The van der Waals surface area contributed by atoms with Crippen LogP contribution in [0.4, 0.5) is 4.79 Å². The van der Waals surface area contributed by atoms with Gasteiger partial charge in [-0.3, -0.25) is 4.79 Å². The van der Waals surface area contributed by atoms with Crippen molar-refractivity contribution in [1.29, 1.82) is 0 Å². The zero-order valence-electron chi connectivity index (χ0n) is 16.9. The van der Waals surface area contributed by atoms with Crippen LogP contribution >= 0.6 is 0 Å². The highest BCUT2D eigenvalue weighted by Gasteiger charge is 2.17.